The Labute approximate surface area is 294 Å². The first-order valence-electron chi connectivity index (χ1n) is 15.2. The number of hydrogen-bond donors (Lipinski definition) is 0. The third-order valence-corrected chi connectivity index (χ3v) is 7.93. The molecule has 0 aliphatic carbocycles. The van der Waals surface area contributed by atoms with Crippen LogP contribution in [0.25, 0.3) is 65.0 Å². The standard InChI is InChI=1S/C26H21.C13H9.C2H6Si.2ClH.Zr/c1-2-8-18-15-19-10-7-14-24(25(19)16-18)26-17-20-9-3-4-11-21(20)22-12-5-6-13-23(22)26;1-3-7-12-10(5-1)9-11-6-2-4-8-13(11)12;1-3-2;;;/h3-7,9-17H,2,8H2,1H3;1-9H;1-2H3;2*1H;/q2*-1;;;;+2/p-2. The Morgan fingerprint density at radius 3 is 1.62 bits per heavy atom. The molecule has 0 unspecified atom stereocenters. The van der Waals surface area contributed by atoms with Crippen molar-refractivity contribution in [1.29, 1.82) is 0 Å². The van der Waals surface area contributed by atoms with Crippen molar-refractivity contribution in [2.75, 3.05) is 0 Å². The van der Waals surface area contributed by atoms with E-state index in [1.165, 1.54) is 77.0 Å². The Balaban J connectivity index is 0.000000204. The summed E-state index contributed by atoms with van der Waals surface area (Å²) in [6.45, 7) is 6.86. The summed E-state index contributed by atoms with van der Waals surface area (Å²) >= 11 is 1.74. The Kier molecular flexibility index (Phi) is 12.4. The van der Waals surface area contributed by atoms with Crippen LogP contribution in [-0.2, 0) is 29.8 Å². The van der Waals surface area contributed by atoms with Crippen molar-refractivity contribution in [2.45, 2.75) is 32.9 Å². The van der Waals surface area contributed by atoms with Crippen LogP contribution in [0.2, 0.25) is 13.1 Å². The molecule has 45 heavy (non-hydrogen) atoms. The molecule has 0 atom stereocenters. The summed E-state index contributed by atoms with van der Waals surface area (Å²) in [5.74, 6) is 0. The van der Waals surface area contributed by atoms with E-state index in [1.54, 1.807) is 23.3 Å². The fourth-order valence-electron chi connectivity index (χ4n) is 6.15. The van der Waals surface area contributed by atoms with Crippen LogP contribution in [0.3, 0.4) is 0 Å². The van der Waals surface area contributed by atoms with Crippen LogP contribution < -0.4 is 24.8 Å². The number of fused-ring (bicyclic) bond motifs is 7. The molecule has 8 aromatic rings. The molecule has 4 heteroatoms. The van der Waals surface area contributed by atoms with Gasteiger partial charge in [0.1, 0.15) is 0 Å². The first kappa shape index (κ1) is 34.9. The van der Waals surface area contributed by atoms with Gasteiger partial charge in [0.25, 0.3) is 0 Å². The molecule has 0 fully saturated rings. The predicted octanol–water partition coefficient (Wildman–Crippen LogP) is 5.99. The fraction of sp³-hybridized carbons (Fsp3) is 0.122. The molecule has 0 nitrogen and oxygen atoms in total. The summed E-state index contributed by atoms with van der Waals surface area (Å²) in [5.41, 5.74) is 4.33. The second kappa shape index (κ2) is 16.0. The molecule has 0 N–H and O–H groups in total. The molecule has 0 radical (unpaired) electrons. The number of aryl methyl sites for hydroxylation is 1. The molecule has 8 rings (SSSR count). The smallest absolute Gasteiger partial charge is 0.0771 e. The van der Waals surface area contributed by atoms with Gasteiger partial charge in [-0.05, 0) is 39.6 Å². The van der Waals surface area contributed by atoms with E-state index in [9.17, 15) is 0 Å². The van der Waals surface area contributed by atoms with E-state index in [0.717, 1.165) is 6.42 Å². The molecular formula is C41H36Cl2SiZr-2. The van der Waals surface area contributed by atoms with Crippen LogP contribution in [0.1, 0.15) is 18.9 Å². The number of hydrogen-bond acceptors (Lipinski definition) is 0. The molecule has 0 amide bonds. The summed E-state index contributed by atoms with van der Waals surface area (Å²) in [4.78, 5) is 0. The molecule has 0 aromatic heterocycles. The fourth-order valence-corrected chi connectivity index (χ4v) is 6.15. The van der Waals surface area contributed by atoms with E-state index in [0.29, 0.717) is 0 Å². The third kappa shape index (κ3) is 7.70. The topological polar surface area (TPSA) is 0 Å². The minimum Gasteiger partial charge on any atom is -1.00 e. The number of benzene rings is 6. The maximum atomic E-state index is 2.39. The van der Waals surface area contributed by atoms with Gasteiger partial charge in [-0.2, -0.15) is 6.07 Å². The van der Waals surface area contributed by atoms with Crippen LogP contribution >= 0.6 is 0 Å². The summed E-state index contributed by atoms with van der Waals surface area (Å²) < 4.78 is 0. The third-order valence-electron chi connectivity index (χ3n) is 7.93. The minimum atomic E-state index is 0. The van der Waals surface area contributed by atoms with Crippen LogP contribution in [-0.4, -0.2) is 5.43 Å². The molecule has 0 heterocycles. The second-order valence-electron chi connectivity index (χ2n) is 11.4. The van der Waals surface area contributed by atoms with E-state index in [-0.39, 0.29) is 30.2 Å². The van der Waals surface area contributed by atoms with Gasteiger partial charge in [0.15, 0.2) is 0 Å². The van der Waals surface area contributed by atoms with Crippen molar-refractivity contribution >= 4 is 59.3 Å². The van der Waals surface area contributed by atoms with Gasteiger partial charge < -0.3 is 24.8 Å². The summed E-state index contributed by atoms with van der Waals surface area (Å²) in [6, 6.07) is 50.6. The van der Waals surface area contributed by atoms with Crippen LogP contribution in [0.15, 0.2) is 140 Å². The van der Waals surface area contributed by atoms with Gasteiger partial charge in [0, 0.05) is 0 Å². The summed E-state index contributed by atoms with van der Waals surface area (Å²) in [5, 5.41) is 13.4. The van der Waals surface area contributed by atoms with Gasteiger partial charge in [-0.15, -0.1) is 74.3 Å². The van der Waals surface area contributed by atoms with Crippen molar-refractivity contribution in [3.63, 3.8) is 0 Å². The Morgan fingerprint density at radius 2 is 1.00 bits per heavy atom. The molecule has 0 bridgehead atoms. The van der Waals surface area contributed by atoms with Gasteiger partial charge in [0.2, 0.25) is 0 Å². The van der Waals surface area contributed by atoms with Gasteiger partial charge in [-0.25, -0.2) is 0 Å². The Morgan fingerprint density at radius 1 is 0.511 bits per heavy atom. The van der Waals surface area contributed by atoms with E-state index >= 15 is 0 Å². The molecule has 0 aliphatic heterocycles. The number of halogens is 2. The van der Waals surface area contributed by atoms with Crippen molar-refractivity contribution in [3.05, 3.63) is 145 Å². The van der Waals surface area contributed by atoms with Crippen molar-refractivity contribution in [2.24, 2.45) is 0 Å². The van der Waals surface area contributed by atoms with Crippen molar-refractivity contribution in [1.82, 2.24) is 0 Å². The maximum Gasteiger partial charge on any atom is -0.0771 e. The van der Waals surface area contributed by atoms with Crippen molar-refractivity contribution in [3.8, 4) is 11.1 Å². The van der Waals surface area contributed by atoms with E-state index < -0.39 is 0 Å². The van der Waals surface area contributed by atoms with Crippen molar-refractivity contribution < 1.29 is 48.1 Å². The summed E-state index contributed by atoms with van der Waals surface area (Å²) in [7, 11) is 0. The normalized spacial score (nSPS) is 10.5. The Hall–Kier alpha value is -3.00. The average molecular weight is 719 g/mol. The molecule has 0 saturated heterocycles. The Bertz CT molecular complexity index is 2150. The average Bonchev–Trinajstić information content (AvgIpc) is 3.62. The molecule has 8 aromatic carbocycles. The zero-order chi connectivity index (χ0) is 29.8. The van der Waals surface area contributed by atoms with E-state index in [2.05, 4.69) is 160 Å². The van der Waals surface area contributed by atoms with Gasteiger partial charge >= 0.3 is 41.9 Å². The first-order valence-corrected chi connectivity index (χ1v) is 21.4. The molecular weight excluding hydrogens is 683 g/mol. The van der Waals surface area contributed by atoms with Crippen LogP contribution in [0.5, 0.6) is 0 Å². The quantitative estimate of drug-likeness (QED) is 0.120. The van der Waals surface area contributed by atoms with Crippen LogP contribution in [0, 0.1) is 0 Å². The molecule has 224 valence electrons. The van der Waals surface area contributed by atoms with E-state index in [4.69, 9.17) is 0 Å². The monoisotopic (exact) mass is 716 g/mol. The molecule has 0 saturated carbocycles. The first-order chi connectivity index (χ1) is 21.0. The minimum absolute atomic E-state index is 0. The zero-order valence-electron chi connectivity index (χ0n) is 25.9. The number of rotatable bonds is 3. The van der Waals surface area contributed by atoms with Gasteiger partial charge in [-0.3, -0.25) is 0 Å². The second-order valence-corrected chi connectivity index (χ2v) is 20.8. The van der Waals surface area contributed by atoms with Gasteiger partial charge in [0.05, 0.1) is 0 Å². The SMILES string of the molecule is CCCc1cc2c(-c3cc4ccccc4c4ccccc34)cccc2[cH-]1.C[Si](C)=[Zr+2].[Cl-].[Cl-].c1ccc2c(c1)[cH-]c1ccccc12. The maximum absolute atomic E-state index is 2.39. The van der Waals surface area contributed by atoms with Gasteiger partial charge in [-0.1, -0.05) is 110 Å². The van der Waals surface area contributed by atoms with E-state index in [1.807, 2.05) is 0 Å². The molecule has 0 spiro atoms. The largest absolute Gasteiger partial charge is 1.00 e. The summed E-state index contributed by atoms with van der Waals surface area (Å²) in [6.07, 6.45) is 2.33. The van der Waals surface area contributed by atoms with Crippen LogP contribution in [0.4, 0.5) is 0 Å². The molecule has 0 aliphatic rings. The predicted molar refractivity (Wildman–Crippen MR) is 189 cm³/mol. The zero-order valence-corrected chi connectivity index (χ0v) is 30.9.